The van der Waals surface area contributed by atoms with Crippen molar-refractivity contribution in [1.82, 2.24) is 0 Å². The standard InChI is InChI=1S/C21H21N/c1-15(2)22(18-8-4-3-5-9-18)20-14-13-17-12-11-16-7-6-10-19(20)21(16)17/h3-10,13-15H,11-12H2,1-2H3. The summed E-state index contributed by atoms with van der Waals surface area (Å²) in [6, 6.07) is 22.5. The van der Waals surface area contributed by atoms with Crippen LogP contribution in [0.5, 0.6) is 0 Å². The molecule has 0 heterocycles. The maximum absolute atomic E-state index is 2.45. The van der Waals surface area contributed by atoms with Gasteiger partial charge in [-0.05, 0) is 61.4 Å². The molecule has 22 heavy (non-hydrogen) atoms. The average molecular weight is 287 g/mol. The first kappa shape index (κ1) is 13.4. The second-order valence-electron chi connectivity index (χ2n) is 6.38. The fourth-order valence-corrected chi connectivity index (χ4v) is 3.75. The van der Waals surface area contributed by atoms with Crippen molar-refractivity contribution in [3.05, 3.63) is 71.8 Å². The van der Waals surface area contributed by atoms with Crippen molar-refractivity contribution in [3.63, 3.8) is 0 Å². The third kappa shape index (κ3) is 2.00. The molecular weight excluding hydrogens is 266 g/mol. The van der Waals surface area contributed by atoms with Crippen LogP contribution < -0.4 is 4.90 Å². The predicted octanol–water partition coefficient (Wildman–Crippen LogP) is 5.48. The highest BCUT2D eigenvalue weighted by Crippen LogP contribution is 2.39. The highest BCUT2D eigenvalue weighted by atomic mass is 15.2. The number of benzene rings is 3. The van der Waals surface area contributed by atoms with Crippen LogP contribution >= 0.6 is 0 Å². The molecule has 0 bridgehead atoms. The number of para-hydroxylation sites is 1. The summed E-state index contributed by atoms with van der Waals surface area (Å²) in [7, 11) is 0. The van der Waals surface area contributed by atoms with Crippen LogP contribution in [0.4, 0.5) is 11.4 Å². The van der Waals surface area contributed by atoms with Crippen LogP contribution in [0.25, 0.3) is 10.8 Å². The van der Waals surface area contributed by atoms with Gasteiger partial charge in [0, 0.05) is 22.8 Å². The van der Waals surface area contributed by atoms with Gasteiger partial charge in [-0.1, -0.05) is 42.5 Å². The molecule has 1 aliphatic rings. The monoisotopic (exact) mass is 287 g/mol. The minimum Gasteiger partial charge on any atom is -0.338 e. The Bertz CT molecular complexity index is 808. The second-order valence-corrected chi connectivity index (χ2v) is 6.38. The molecule has 0 N–H and O–H groups in total. The Balaban J connectivity index is 1.97. The van der Waals surface area contributed by atoms with Gasteiger partial charge in [0.05, 0.1) is 0 Å². The first-order valence-corrected chi connectivity index (χ1v) is 8.13. The Hall–Kier alpha value is -2.28. The summed E-state index contributed by atoms with van der Waals surface area (Å²) in [5.41, 5.74) is 5.59. The predicted molar refractivity (Wildman–Crippen MR) is 95.1 cm³/mol. The lowest BCUT2D eigenvalue weighted by molar-refractivity contribution is 0.791. The van der Waals surface area contributed by atoms with Crippen LogP contribution in [-0.4, -0.2) is 6.04 Å². The molecule has 4 rings (SSSR count). The lowest BCUT2D eigenvalue weighted by Crippen LogP contribution is -2.25. The second kappa shape index (κ2) is 5.17. The summed E-state index contributed by atoms with van der Waals surface area (Å²) < 4.78 is 0. The van der Waals surface area contributed by atoms with Crippen molar-refractivity contribution >= 4 is 22.1 Å². The summed E-state index contributed by atoms with van der Waals surface area (Å²) in [6.45, 7) is 4.52. The lowest BCUT2D eigenvalue weighted by atomic mass is 10.0. The van der Waals surface area contributed by atoms with E-state index in [4.69, 9.17) is 0 Å². The van der Waals surface area contributed by atoms with Crippen LogP contribution in [0.2, 0.25) is 0 Å². The van der Waals surface area contributed by atoms with E-state index in [2.05, 4.69) is 79.4 Å². The zero-order valence-electron chi connectivity index (χ0n) is 13.2. The van der Waals surface area contributed by atoms with E-state index >= 15 is 0 Å². The van der Waals surface area contributed by atoms with E-state index in [9.17, 15) is 0 Å². The molecule has 0 saturated heterocycles. The van der Waals surface area contributed by atoms with Crippen LogP contribution in [0, 0.1) is 0 Å². The van der Waals surface area contributed by atoms with Crippen LogP contribution in [0.1, 0.15) is 25.0 Å². The van der Waals surface area contributed by atoms with Gasteiger partial charge in [0.25, 0.3) is 0 Å². The molecule has 1 heteroatoms. The fourth-order valence-electron chi connectivity index (χ4n) is 3.75. The van der Waals surface area contributed by atoms with Crippen molar-refractivity contribution in [2.75, 3.05) is 4.90 Å². The van der Waals surface area contributed by atoms with Gasteiger partial charge < -0.3 is 4.90 Å². The summed E-state index contributed by atoms with van der Waals surface area (Å²) in [5, 5.41) is 2.88. The van der Waals surface area contributed by atoms with Gasteiger partial charge >= 0.3 is 0 Å². The Kier molecular flexibility index (Phi) is 3.15. The van der Waals surface area contributed by atoms with Crippen molar-refractivity contribution in [3.8, 4) is 0 Å². The number of anilines is 2. The van der Waals surface area contributed by atoms with Gasteiger partial charge in [0.2, 0.25) is 0 Å². The van der Waals surface area contributed by atoms with Crippen molar-refractivity contribution in [1.29, 1.82) is 0 Å². The van der Waals surface area contributed by atoms with E-state index in [1.807, 2.05) is 0 Å². The Labute approximate surface area is 132 Å². The lowest BCUT2D eigenvalue weighted by Gasteiger charge is -2.30. The summed E-state index contributed by atoms with van der Waals surface area (Å²) in [5.74, 6) is 0. The molecule has 1 aliphatic carbocycles. The van der Waals surface area contributed by atoms with Crippen molar-refractivity contribution < 1.29 is 0 Å². The average Bonchev–Trinajstić information content (AvgIpc) is 2.96. The first-order valence-electron chi connectivity index (χ1n) is 8.13. The minimum atomic E-state index is 0.417. The maximum Gasteiger partial charge on any atom is 0.0493 e. The molecule has 0 amide bonds. The van der Waals surface area contributed by atoms with Gasteiger partial charge in [0.15, 0.2) is 0 Å². The summed E-state index contributed by atoms with van der Waals surface area (Å²) in [4.78, 5) is 2.45. The number of hydrogen-bond donors (Lipinski definition) is 0. The van der Waals surface area contributed by atoms with E-state index in [1.165, 1.54) is 46.1 Å². The summed E-state index contributed by atoms with van der Waals surface area (Å²) >= 11 is 0. The zero-order valence-corrected chi connectivity index (χ0v) is 13.2. The fraction of sp³-hybridized carbons (Fsp3) is 0.238. The molecule has 1 nitrogen and oxygen atoms in total. The molecule has 0 radical (unpaired) electrons. The van der Waals surface area contributed by atoms with E-state index in [-0.39, 0.29) is 0 Å². The summed E-state index contributed by atoms with van der Waals surface area (Å²) in [6.07, 6.45) is 2.37. The van der Waals surface area contributed by atoms with Crippen LogP contribution in [-0.2, 0) is 12.8 Å². The van der Waals surface area contributed by atoms with E-state index in [0.29, 0.717) is 6.04 Å². The normalized spacial score (nSPS) is 13.0. The molecule has 3 aromatic rings. The number of hydrogen-bond acceptors (Lipinski definition) is 1. The SMILES string of the molecule is CC(C)N(c1ccccc1)c1ccc2c3c(cccc13)CC2. The van der Waals surface area contributed by atoms with Crippen LogP contribution in [0.3, 0.4) is 0 Å². The molecule has 0 aliphatic heterocycles. The van der Waals surface area contributed by atoms with Crippen LogP contribution in [0.15, 0.2) is 60.7 Å². The van der Waals surface area contributed by atoms with E-state index in [0.717, 1.165) is 0 Å². The molecule has 110 valence electrons. The Morgan fingerprint density at radius 1 is 0.773 bits per heavy atom. The van der Waals surface area contributed by atoms with Gasteiger partial charge in [-0.3, -0.25) is 0 Å². The largest absolute Gasteiger partial charge is 0.338 e. The minimum absolute atomic E-state index is 0.417. The molecule has 0 atom stereocenters. The van der Waals surface area contributed by atoms with Gasteiger partial charge in [-0.15, -0.1) is 0 Å². The number of rotatable bonds is 3. The quantitative estimate of drug-likeness (QED) is 0.616. The van der Waals surface area contributed by atoms with E-state index in [1.54, 1.807) is 0 Å². The molecular formula is C21H21N. The number of nitrogens with zero attached hydrogens (tertiary/aromatic N) is 1. The van der Waals surface area contributed by atoms with Crippen molar-refractivity contribution in [2.24, 2.45) is 0 Å². The van der Waals surface area contributed by atoms with Gasteiger partial charge in [0.1, 0.15) is 0 Å². The smallest absolute Gasteiger partial charge is 0.0493 e. The zero-order chi connectivity index (χ0) is 15.1. The Morgan fingerprint density at radius 3 is 2.23 bits per heavy atom. The molecule has 0 unspecified atom stereocenters. The topological polar surface area (TPSA) is 3.24 Å². The van der Waals surface area contributed by atoms with Crippen molar-refractivity contribution in [2.45, 2.75) is 32.7 Å². The first-order chi connectivity index (χ1) is 10.8. The third-order valence-electron chi connectivity index (χ3n) is 4.66. The molecule has 3 aromatic carbocycles. The molecule has 0 saturated carbocycles. The molecule has 0 aromatic heterocycles. The van der Waals surface area contributed by atoms with Gasteiger partial charge in [-0.25, -0.2) is 0 Å². The number of aryl methyl sites for hydroxylation is 2. The highest BCUT2D eigenvalue weighted by Gasteiger charge is 2.20. The third-order valence-corrected chi connectivity index (χ3v) is 4.66. The Morgan fingerprint density at radius 2 is 1.50 bits per heavy atom. The maximum atomic E-state index is 2.45. The molecule has 0 spiro atoms. The van der Waals surface area contributed by atoms with Gasteiger partial charge in [-0.2, -0.15) is 0 Å². The van der Waals surface area contributed by atoms with E-state index < -0.39 is 0 Å². The highest BCUT2D eigenvalue weighted by molar-refractivity contribution is 6.01. The molecule has 0 fully saturated rings.